The lowest BCUT2D eigenvalue weighted by Gasteiger charge is -2.05. The Labute approximate surface area is 119 Å². The van der Waals surface area contributed by atoms with Gasteiger partial charge in [-0.15, -0.1) is 0 Å². The largest absolute Gasteiger partial charge is 0.481 e. The van der Waals surface area contributed by atoms with Crippen molar-refractivity contribution in [2.45, 2.75) is 19.6 Å². The van der Waals surface area contributed by atoms with Crippen molar-refractivity contribution >= 4 is 12.1 Å². The van der Waals surface area contributed by atoms with Crippen LogP contribution in [0.3, 0.4) is 0 Å². The molecule has 0 radical (unpaired) electrons. The van der Waals surface area contributed by atoms with E-state index in [0.717, 1.165) is 5.56 Å². The summed E-state index contributed by atoms with van der Waals surface area (Å²) in [5, 5.41) is 14.5. The number of nitrogens with one attached hydrogen (secondary N) is 1. The Balaban J connectivity index is 1.73. The highest BCUT2D eigenvalue weighted by atomic mass is 16.5. The van der Waals surface area contributed by atoms with Gasteiger partial charge in [-0.3, -0.25) is 4.79 Å². The fourth-order valence-corrected chi connectivity index (χ4v) is 1.49. The molecule has 0 saturated heterocycles. The summed E-state index contributed by atoms with van der Waals surface area (Å²) >= 11 is 0. The molecule has 2 aromatic rings. The summed E-state index contributed by atoms with van der Waals surface area (Å²) < 4.78 is 9.69. The summed E-state index contributed by atoms with van der Waals surface area (Å²) in [6, 6.07) is 9.24. The fraction of sp³-hybridized carbons (Fsp3) is 0.231. The third-order valence-electron chi connectivity index (χ3n) is 2.42. The van der Waals surface area contributed by atoms with Gasteiger partial charge in [-0.25, -0.2) is 4.79 Å². The number of carbonyl (C=O) groups is 2. The molecular weight excluding hydrogens is 278 g/mol. The summed E-state index contributed by atoms with van der Waals surface area (Å²) in [6.07, 6.45) is -0.978. The van der Waals surface area contributed by atoms with Gasteiger partial charge in [-0.05, 0) is 5.56 Å². The maximum atomic E-state index is 11.5. The van der Waals surface area contributed by atoms with Crippen LogP contribution in [0.25, 0.3) is 0 Å². The highest BCUT2D eigenvalue weighted by Gasteiger charge is 2.11. The Morgan fingerprint density at radius 2 is 2.05 bits per heavy atom. The number of carbonyl (C=O) groups excluding carboxylic acids is 1. The highest BCUT2D eigenvalue weighted by molar-refractivity contribution is 5.68. The number of benzene rings is 1. The van der Waals surface area contributed by atoms with Crippen molar-refractivity contribution in [3.05, 3.63) is 47.6 Å². The molecule has 0 fully saturated rings. The molecule has 1 aromatic heterocycles. The number of rotatable bonds is 6. The van der Waals surface area contributed by atoms with Crippen LogP contribution in [0.1, 0.15) is 17.3 Å². The summed E-state index contributed by atoms with van der Waals surface area (Å²) in [5.41, 5.74) is 0.871. The second kappa shape index (κ2) is 7.04. The predicted octanol–water partition coefficient (Wildman–Crippen LogP) is 1.12. The monoisotopic (exact) mass is 291 g/mol. The Morgan fingerprint density at radius 3 is 2.76 bits per heavy atom. The first kappa shape index (κ1) is 14.5. The first-order chi connectivity index (χ1) is 10.1. The van der Waals surface area contributed by atoms with E-state index >= 15 is 0 Å². The van der Waals surface area contributed by atoms with Gasteiger partial charge in [-0.1, -0.05) is 35.5 Å². The van der Waals surface area contributed by atoms with E-state index in [1.807, 2.05) is 30.3 Å². The van der Waals surface area contributed by atoms with E-state index in [-0.39, 0.29) is 31.3 Å². The summed E-state index contributed by atoms with van der Waals surface area (Å²) in [4.78, 5) is 25.7. The van der Waals surface area contributed by atoms with Gasteiger partial charge in [-0.2, -0.15) is 4.98 Å². The molecule has 1 amide bonds. The summed E-state index contributed by atoms with van der Waals surface area (Å²) in [5.74, 6) is -0.903. The number of carboxylic acid groups (broad SMARTS) is 1. The van der Waals surface area contributed by atoms with Crippen molar-refractivity contribution in [2.75, 3.05) is 0 Å². The van der Waals surface area contributed by atoms with E-state index in [0.29, 0.717) is 0 Å². The number of hydrogen-bond acceptors (Lipinski definition) is 6. The predicted molar refractivity (Wildman–Crippen MR) is 69.1 cm³/mol. The molecule has 2 N–H and O–H groups in total. The zero-order valence-corrected chi connectivity index (χ0v) is 11.0. The van der Waals surface area contributed by atoms with E-state index in [1.54, 1.807) is 0 Å². The van der Waals surface area contributed by atoms with Gasteiger partial charge in [0.25, 0.3) is 0 Å². The number of amides is 1. The maximum absolute atomic E-state index is 11.5. The quantitative estimate of drug-likeness (QED) is 0.819. The zero-order valence-electron chi connectivity index (χ0n) is 11.0. The van der Waals surface area contributed by atoms with Crippen LogP contribution in [0, 0.1) is 0 Å². The molecule has 0 aliphatic carbocycles. The molecule has 1 aromatic carbocycles. The molecular formula is C13H13N3O5. The van der Waals surface area contributed by atoms with Gasteiger partial charge >= 0.3 is 12.1 Å². The van der Waals surface area contributed by atoms with Crippen molar-refractivity contribution in [2.24, 2.45) is 0 Å². The van der Waals surface area contributed by atoms with Crippen LogP contribution < -0.4 is 5.32 Å². The van der Waals surface area contributed by atoms with Gasteiger partial charge in [0.15, 0.2) is 5.82 Å². The van der Waals surface area contributed by atoms with Crippen LogP contribution in [0.2, 0.25) is 0 Å². The molecule has 2 rings (SSSR count). The van der Waals surface area contributed by atoms with E-state index in [4.69, 9.17) is 14.4 Å². The normalized spacial score (nSPS) is 10.1. The average Bonchev–Trinajstić information content (AvgIpc) is 2.91. The molecule has 0 aliphatic heterocycles. The number of nitrogens with zero attached hydrogens (tertiary/aromatic N) is 2. The van der Waals surface area contributed by atoms with Crippen molar-refractivity contribution in [1.82, 2.24) is 15.5 Å². The van der Waals surface area contributed by atoms with E-state index in [2.05, 4.69) is 15.5 Å². The molecule has 110 valence electrons. The molecule has 0 spiro atoms. The van der Waals surface area contributed by atoms with Crippen molar-refractivity contribution in [1.29, 1.82) is 0 Å². The van der Waals surface area contributed by atoms with E-state index < -0.39 is 12.1 Å². The third kappa shape index (κ3) is 4.94. The standard InChI is InChI=1S/C13H13N3O5/c17-12(18)6-11-15-10(16-21-11)7-14-13(19)20-8-9-4-2-1-3-5-9/h1-5H,6-8H2,(H,14,19)(H,17,18). The minimum Gasteiger partial charge on any atom is -0.481 e. The van der Waals surface area contributed by atoms with E-state index in [9.17, 15) is 9.59 Å². The van der Waals surface area contributed by atoms with Gasteiger partial charge in [0.1, 0.15) is 13.0 Å². The highest BCUT2D eigenvalue weighted by Crippen LogP contribution is 2.01. The minimum absolute atomic E-state index is 0.00323. The Morgan fingerprint density at radius 1 is 1.29 bits per heavy atom. The van der Waals surface area contributed by atoms with Gasteiger partial charge in [0, 0.05) is 0 Å². The van der Waals surface area contributed by atoms with E-state index in [1.165, 1.54) is 0 Å². The molecule has 0 aliphatic rings. The molecule has 0 atom stereocenters. The number of aliphatic carboxylic acids is 1. The number of carboxylic acids is 1. The zero-order chi connectivity index (χ0) is 15.1. The number of alkyl carbamates (subject to hydrolysis) is 1. The topological polar surface area (TPSA) is 115 Å². The first-order valence-corrected chi connectivity index (χ1v) is 6.11. The van der Waals surface area contributed by atoms with Crippen LogP contribution in [0.4, 0.5) is 4.79 Å². The van der Waals surface area contributed by atoms with Crippen LogP contribution in [-0.2, 0) is 29.1 Å². The molecule has 8 nitrogen and oxygen atoms in total. The molecule has 21 heavy (non-hydrogen) atoms. The Hall–Kier alpha value is -2.90. The van der Waals surface area contributed by atoms with Crippen molar-refractivity contribution in [3.63, 3.8) is 0 Å². The van der Waals surface area contributed by atoms with Crippen LogP contribution in [-0.4, -0.2) is 27.3 Å². The Kier molecular flexibility index (Phi) is 4.86. The second-order valence-corrected chi connectivity index (χ2v) is 4.09. The third-order valence-corrected chi connectivity index (χ3v) is 2.42. The van der Waals surface area contributed by atoms with Gasteiger partial charge in [0.2, 0.25) is 5.89 Å². The smallest absolute Gasteiger partial charge is 0.407 e. The fourth-order valence-electron chi connectivity index (χ4n) is 1.49. The SMILES string of the molecule is O=C(O)Cc1nc(CNC(=O)OCc2ccccc2)no1. The van der Waals surface area contributed by atoms with Crippen molar-refractivity contribution in [3.8, 4) is 0 Å². The summed E-state index contributed by atoms with van der Waals surface area (Å²) in [6.45, 7) is 0.153. The number of ether oxygens (including phenoxy) is 1. The minimum atomic E-state index is -1.07. The lowest BCUT2D eigenvalue weighted by molar-refractivity contribution is -0.136. The first-order valence-electron chi connectivity index (χ1n) is 6.11. The van der Waals surface area contributed by atoms with Gasteiger partial charge in [0.05, 0.1) is 6.54 Å². The number of aromatic nitrogens is 2. The molecule has 8 heteroatoms. The molecule has 1 heterocycles. The Bertz CT molecular complexity index is 611. The van der Waals surface area contributed by atoms with Gasteiger partial charge < -0.3 is 19.7 Å². The molecule has 0 bridgehead atoms. The summed E-state index contributed by atoms with van der Waals surface area (Å²) in [7, 11) is 0. The lowest BCUT2D eigenvalue weighted by Crippen LogP contribution is -2.24. The second-order valence-electron chi connectivity index (χ2n) is 4.09. The molecule has 0 saturated carbocycles. The average molecular weight is 291 g/mol. The van der Waals surface area contributed by atoms with Crippen LogP contribution in [0.5, 0.6) is 0 Å². The maximum Gasteiger partial charge on any atom is 0.407 e. The van der Waals surface area contributed by atoms with Crippen LogP contribution >= 0.6 is 0 Å². The lowest BCUT2D eigenvalue weighted by atomic mass is 10.2. The van der Waals surface area contributed by atoms with Crippen LogP contribution in [0.15, 0.2) is 34.9 Å². The van der Waals surface area contributed by atoms with Crippen molar-refractivity contribution < 1.29 is 24.0 Å². The number of hydrogen-bond donors (Lipinski definition) is 2. The molecule has 0 unspecified atom stereocenters.